The van der Waals surface area contributed by atoms with Gasteiger partial charge in [-0.2, -0.15) is 0 Å². The van der Waals surface area contributed by atoms with E-state index in [1.54, 1.807) is 6.07 Å². The van der Waals surface area contributed by atoms with Crippen LogP contribution >= 0.6 is 11.6 Å². The van der Waals surface area contributed by atoms with E-state index in [1.807, 2.05) is 12.1 Å². The number of hydrogen-bond acceptors (Lipinski definition) is 1. The number of hydrogen-bond donors (Lipinski definition) is 1. The van der Waals surface area contributed by atoms with Crippen molar-refractivity contribution in [2.75, 3.05) is 0 Å². The monoisotopic (exact) mass is 168 g/mol. The van der Waals surface area contributed by atoms with Gasteiger partial charge in [-0.3, -0.25) is 0 Å². The molecule has 1 rings (SSSR count). The third kappa shape index (κ3) is 1.98. The molecule has 0 amide bonds. The molecule has 0 radical (unpaired) electrons. The van der Waals surface area contributed by atoms with Crippen molar-refractivity contribution in [1.29, 1.82) is 0 Å². The number of aliphatic hydroxyl groups is 1. The lowest BCUT2D eigenvalue weighted by Crippen LogP contribution is -2.16. The fourth-order valence-electron chi connectivity index (χ4n) is 1.09. The third-order valence-corrected chi connectivity index (χ3v) is 1.95. The van der Waals surface area contributed by atoms with Gasteiger partial charge in [-0.25, -0.2) is 0 Å². The Morgan fingerprint density at radius 3 is 2.82 bits per heavy atom. The molecule has 11 heavy (non-hydrogen) atoms. The molecule has 0 aliphatic rings. The molecule has 0 aromatic heterocycles. The summed E-state index contributed by atoms with van der Waals surface area (Å²) in [6, 6.07) is 5.60. The Kier molecular flexibility index (Phi) is 2.97. The number of aliphatic hydroxyl groups excluding tert-OH is 1. The molecule has 0 spiro atoms. The molecule has 0 bridgehead atoms. The van der Waals surface area contributed by atoms with E-state index in [9.17, 15) is 0 Å². The van der Waals surface area contributed by atoms with Crippen LogP contribution in [0.4, 0.5) is 0 Å². The van der Waals surface area contributed by atoms with Crippen molar-refractivity contribution in [2.45, 2.75) is 13.4 Å². The first-order valence-electron chi connectivity index (χ1n) is 3.66. The van der Waals surface area contributed by atoms with E-state index in [1.165, 1.54) is 0 Å². The summed E-state index contributed by atoms with van der Waals surface area (Å²) in [5.74, 6) is 0. The first-order chi connectivity index (χ1) is 5.27. The summed E-state index contributed by atoms with van der Waals surface area (Å²) in [6.45, 7) is 2.13. The minimum atomic E-state index is 0.0731. The van der Waals surface area contributed by atoms with Crippen molar-refractivity contribution >= 4 is 24.3 Å². The maximum Gasteiger partial charge on any atom is 0.155 e. The van der Waals surface area contributed by atoms with Crippen LogP contribution in [0.1, 0.15) is 5.56 Å². The normalized spacial score (nSPS) is 9.73. The number of rotatable bonds is 2. The Morgan fingerprint density at radius 1 is 1.55 bits per heavy atom. The Balaban J connectivity index is 3.06. The predicted octanol–water partition coefficient (Wildman–Crippen LogP) is 0.942. The zero-order valence-electron chi connectivity index (χ0n) is 6.47. The van der Waals surface area contributed by atoms with Crippen LogP contribution in [0.15, 0.2) is 18.2 Å². The van der Waals surface area contributed by atoms with Gasteiger partial charge in [0.2, 0.25) is 0 Å². The van der Waals surface area contributed by atoms with Gasteiger partial charge in [-0.15, -0.1) is 0 Å². The maximum absolute atomic E-state index is 8.92. The Morgan fingerprint density at radius 2 is 2.27 bits per heavy atom. The molecule has 0 aliphatic heterocycles. The lowest BCUT2D eigenvalue weighted by molar-refractivity contribution is 0.283. The van der Waals surface area contributed by atoms with E-state index < -0.39 is 0 Å². The van der Waals surface area contributed by atoms with Gasteiger partial charge in [0.1, 0.15) is 0 Å². The van der Waals surface area contributed by atoms with Gasteiger partial charge in [0.05, 0.1) is 6.61 Å². The zero-order valence-corrected chi connectivity index (χ0v) is 7.23. The molecule has 0 heterocycles. The quantitative estimate of drug-likeness (QED) is 0.652. The van der Waals surface area contributed by atoms with E-state index in [-0.39, 0.29) is 6.61 Å². The van der Waals surface area contributed by atoms with Gasteiger partial charge < -0.3 is 5.11 Å². The van der Waals surface area contributed by atoms with Crippen LogP contribution in [-0.4, -0.2) is 12.4 Å². The zero-order chi connectivity index (χ0) is 8.27. The van der Waals surface area contributed by atoms with Crippen LogP contribution in [0, 0.1) is 0 Å². The second kappa shape index (κ2) is 3.79. The van der Waals surface area contributed by atoms with Gasteiger partial charge in [-0.05, 0) is 17.7 Å². The molecule has 0 saturated heterocycles. The average molecular weight is 168 g/mol. The molecule has 1 aromatic carbocycles. The molecular formula is C8H10BClO. The molecule has 0 atom stereocenters. The van der Waals surface area contributed by atoms with E-state index >= 15 is 0 Å². The Bertz CT molecular complexity index is 250. The van der Waals surface area contributed by atoms with E-state index in [2.05, 4.69) is 6.82 Å². The van der Waals surface area contributed by atoms with Crippen LogP contribution in [0.2, 0.25) is 11.8 Å². The highest BCUT2D eigenvalue weighted by atomic mass is 35.5. The van der Waals surface area contributed by atoms with Crippen molar-refractivity contribution in [3.8, 4) is 0 Å². The highest BCUT2D eigenvalue weighted by Crippen LogP contribution is 2.08. The topological polar surface area (TPSA) is 20.2 Å². The second-order valence-electron chi connectivity index (χ2n) is 2.42. The molecule has 3 heteroatoms. The summed E-state index contributed by atoms with van der Waals surface area (Å²) in [5, 5.41) is 9.60. The van der Waals surface area contributed by atoms with Crippen molar-refractivity contribution in [3.05, 3.63) is 28.8 Å². The summed E-state index contributed by atoms with van der Waals surface area (Å²) in [7, 11) is 0.938. The lowest BCUT2D eigenvalue weighted by Gasteiger charge is -2.03. The van der Waals surface area contributed by atoms with E-state index in [0.717, 1.165) is 18.3 Å². The molecule has 1 N–H and O–H groups in total. The molecule has 1 nitrogen and oxygen atoms in total. The highest BCUT2D eigenvalue weighted by molar-refractivity contribution is 6.52. The van der Waals surface area contributed by atoms with Crippen molar-refractivity contribution in [2.24, 2.45) is 0 Å². The van der Waals surface area contributed by atoms with Crippen molar-refractivity contribution in [1.82, 2.24) is 0 Å². The van der Waals surface area contributed by atoms with Crippen LogP contribution in [-0.2, 0) is 6.61 Å². The first-order valence-corrected chi connectivity index (χ1v) is 4.04. The fraction of sp³-hybridized carbons (Fsp3) is 0.250. The molecule has 0 unspecified atom stereocenters. The van der Waals surface area contributed by atoms with Crippen LogP contribution in [0.5, 0.6) is 0 Å². The fourth-order valence-corrected chi connectivity index (χ4v) is 1.28. The molecule has 0 fully saturated rings. The molecule has 58 valence electrons. The Labute approximate surface area is 72.2 Å². The number of halogens is 1. The average Bonchev–Trinajstić information content (AvgIpc) is 2.04. The highest BCUT2D eigenvalue weighted by Gasteiger charge is 1.99. The summed E-state index contributed by atoms with van der Waals surface area (Å²) in [4.78, 5) is 0. The largest absolute Gasteiger partial charge is 0.392 e. The van der Waals surface area contributed by atoms with Gasteiger partial charge in [0.15, 0.2) is 7.28 Å². The summed E-state index contributed by atoms with van der Waals surface area (Å²) in [5.41, 5.74) is 2.09. The van der Waals surface area contributed by atoms with Crippen LogP contribution in [0.25, 0.3) is 0 Å². The van der Waals surface area contributed by atoms with Gasteiger partial charge in [-0.1, -0.05) is 30.0 Å². The molecule has 1 aromatic rings. The van der Waals surface area contributed by atoms with Gasteiger partial charge in [0, 0.05) is 5.02 Å². The summed E-state index contributed by atoms with van der Waals surface area (Å²) < 4.78 is 0. The molecule has 0 aliphatic carbocycles. The smallest absolute Gasteiger partial charge is 0.155 e. The SMILES string of the molecule is CBc1ccc(Cl)cc1CO. The van der Waals surface area contributed by atoms with E-state index in [0.29, 0.717) is 5.02 Å². The summed E-state index contributed by atoms with van der Waals surface area (Å²) in [6.07, 6.45) is 0. The van der Waals surface area contributed by atoms with E-state index in [4.69, 9.17) is 16.7 Å². The first kappa shape index (κ1) is 8.63. The van der Waals surface area contributed by atoms with Crippen LogP contribution in [0.3, 0.4) is 0 Å². The van der Waals surface area contributed by atoms with Crippen molar-refractivity contribution in [3.63, 3.8) is 0 Å². The lowest BCUT2D eigenvalue weighted by atomic mass is 9.71. The molecular weight excluding hydrogens is 158 g/mol. The molecule has 0 saturated carbocycles. The standard InChI is InChI=1S/C8H10BClO/c1-9-8-3-2-7(10)4-6(8)5-11/h2-4,9,11H,5H2,1H3. The van der Waals surface area contributed by atoms with Crippen molar-refractivity contribution < 1.29 is 5.11 Å². The second-order valence-corrected chi connectivity index (χ2v) is 2.86. The van der Waals surface area contributed by atoms with Crippen LogP contribution < -0.4 is 5.46 Å². The minimum absolute atomic E-state index is 0.0731. The maximum atomic E-state index is 8.92. The minimum Gasteiger partial charge on any atom is -0.392 e. The predicted molar refractivity (Wildman–Crippen MR) is 50.0 cm³/mol. The van der Waals surface area contributed by atoms with Gasteiger partial charge in [0.25, 0.3) is 0 Å². The third-order valence-electron chi connectivity index (χ3n) is 1.72. The Hall–Kier alpha value is -0.465. The summed E-state index contributed by atoms with van der Waals surface area (Å²) >= 11 is 5.74. The van der Waals surface area contributed by atoms with Gasteiger partial charge >= 0.3 is 0 Å². The number of benzene rings is 1.